The highest BCUT2D eigenvalue weighted by Crippen LogP contribution is 2.26. The van der Waals surface area contributed by atoms with Crippen LogP contribution in [0.15, 0.2) is 52.7 Å². The molecule has 2 N–H and O–H groups in total. The van der Waals surface area contributed by atoms with Crippen LogP contribution in [0.2, 0.25) is 0 Å². The average Bonchev–Trinajstić information content (AvgIpc) is 3.19. The van der Waals surface area contributed by atoms with E-state index in [0.717, 1.165) is 16.9 Å². The maximum atomic E-state index is 12.5. The highest BCUT2D eigenvalue weighted by atomic mass is 32.2. The summed E-state index contributed by atoms with van der Waals surface area (Å²) in [5, 5.41) is 4.81. The average molecular weight is 462 g/mol. The predicted molar refractivity (Wildman–Crippen MR) is 121 cm³/mol. The van der Waals surface area contributed by atoms with Crippen molar-refractivity contribution in [3.8, 4) is 11.5 Å². The molecule has 3 aromatic rings. The van der Waals surface area contributed by atoms with E-state index in [-0.39, 0.29) is 22.4 Å². The molecule has 1 aromatic heterocycles. The largest absolute Gasteiger partial charge is 0.497 e. The second-order valence-electron chi connectivity index (χ2n) is 6.68. The number of sulfonamides is 1. The number of nitrogens with zero attached hydrogens (tertiary/aromatic N) is 1. The van der Waals surface area contributed by atoms with E-state index in [1.807, 2.05) is 19.1 Å². The second-order valence-corrected chi connectivity index (χ2v) is 9.22. The highest BCUT2D eigenvalue weighted by molar-refractivity contribution is 7.93. The number of aryl methyl sites for hydroxylation is 2. The van der Waals surface area contributed by atoms with Crippen LogP contribution in [-0.4, -0.2) is 33.5 Å². The third-order valence-corrected chi connectivity index (χ3v) is 6.67. The molecule has 0 aliphatic heterocycles. The lowest BCUT2D eigenvalue weighted by Gasteiger charge is -2.10. The van der Waals surface area contributed by atoms with Gasteiger partial charge in [0, 0.05) is 11.8 Å². The Hall–Kier alpha value is -3.11. The lowest BCUT2D eigenvalue weighted by Crippen LogP contribution is -2.14. The van der Waals surface area contributed by atoms with Crippen LogP contribution in [0, 0.1) is 6.92 Å². The van der Waals surface area contributed by atoms with Crippen molar-refractivity contribution in [3.05, 3.63) is 59.1 Å². The topological polar surface area (TPSA) is 107 Å². The number of thiazole rings is 1. The van der Waals surface area contributed by atoms with Gasteiger partial charge in [-0.05, 0) is 55.3 Å². The lowest BCUT2D eigenvalue weighted by atomic mass is 10.2. The molecule has 31 heavy (non-hydrogen) atoms. The van der Waals surface area contributed by atoms with E-state index < -0.39 is 10.0 Å². The summed E-state index contributed by atoms with van der Waals surface area (Å²) < 4.78 is 37.8. The van der Waals surface area contributed by atoms with Crippen LogP contribution in [0.25, 0.3) is 0 Å². The maximum Gasteiger partial charge on any atom is 0.263 e. The van der Waals surface area contributed by atoms with Gasteiger partial charge in [0.05, 0.1) is 30.5 Å². The molecule has 0 saturated carbocycles. The molecule has 0 fully saturated rings. The van der Waals surface area contributed by atoms with E-state index in [1.165, 1.54) is 19.2 Å². The van der Waals surface area contributed by atoms with Gasteiger partial charge in [-0.15, -0.1) is 11.3 Å². The number of ether oxygens (including phenoxy) is 2. The number of benzene rings is 2. The van der Waals surface area contributed by atoms with Crippen molar-refractivity contribution in [3.63, 3.8) is 0 Å². The standard InChI is InChI=1S/C21H23N3O5S2/c1-14-4-10-19(29-3)18(12-14)23-20(25)11-5-15-13-30-21(22-15)24-31(26,27)17-8-6-16(28-2)7-9-17/h4,6-10,12-13H,5,11H2,1-3H3,(H,22,24)(H,23,25). The van der Waals surface area contributed by atoms with Crippen molar-refractivity contribution in [2.75, 3.05) is 24.3 Å². The SMILES string of the molecule is COc1ccc(S(=O)(=O)Nc2nc(CCC(=O)Nc3cc(C)ccc3OC)cs2)cc1. The van der Waals surface area contributed by atoms with Gasteiger partial charge in [-0.2, -0.15) is 0 Å². The van der Waals surface area contributed by atoms with E-state index in [4.69, 9.17) is 9.47 Å². The van der Waals surface area contributed by atoms with Crippen LogP contribution in [0.3, 0.4) is 0 Å². The molecule has 0 aliphatic rings. The van der Waals surface area contributed by atoms with Crippen molar-refractivity contribution < 1.29 is 22.7 Å². The first-order valence-electron chi connectivity index (χ1n) is 9.36. The van der Waals surface area contributed by atoms with Crippen molar-refractivity contribution in [2.24, 2.45) is 0 Å². The van der Waals surface area contributed by atoms with Gasteiger partial charge < -0.3 is 14.8 Å². The van der Waals surface area contributed by atoms with Crippen molar-refractivity contribution >= 4 is 38.1 Å². The first-order valence-corrected chi connectivity index (χ1v) is 11.7. The molecule has 3 rings (SSSR count). The number of aromatic nitrogens is 1. The molecule has 1 heterocycles. The first-order chi connectivity index (χ1) is 14.8. The molecule has 10 heteroatoms. The Kier molecular flexibility index (Phi) is 7.13. The fourth-order valence-electron chi connectivity index (χ4n) is 2.77. The quantitative estimate of drug-likeness (QED) is 0.501. The van der Waals surface area contributed by atoms with Gasteiger partial charge in [0.1, 0.15) is 11.5 Å². The van der Waals surface area contributed by atoms with Gasteiger partial charge in [0.15, 0.2) is 5.13 Å². The summed E-state index contributed by atoms with van der Waals surface area (Å²) in [5.41, 5.74) is 2.24. The Morgan fingerprint density at radius 1 is 1.10 bits per heavy atom. The predicted octanol–water partition coefficient (Wildman–Crippen LogP) is 3.84. The first kappa shape index (κ1) is 22.6. The van der Waals surface area contributed by atoms with Gasteiger partial charge >= 0.3 is 0 Å². The summed E-state index contributed by atoms with van der Waals surface area (Å²) in [6.07, 6.45) is 0.576. The van der Waals surface area contributed by atoms with Crippen LogP contribution >= 0.6 is 11.3 Å². The minimum atomic E-state index is -3.76. The number of carbonyl (C=O) groups excluding carboxylic acids is 1. The number of methoxy groups -OCH3 is 2. The maximum absolute atomic E-state index is 12.5. The molecule has 0 atom stereocenters. The molecule has 0 radical (unpaired) electrons. The Morgan fingerprint density at radius 3 is 2.52 bits per heavy atom. The van der Waals surface area contributed by atoms with E-state index in [2.05, 4.69) is 15.0 Å². The molecule has 164 valence electrons. The third kappa shape index (κ3) is 5.96. The van der Waals surface area contributed by atoms with Crippen LogP contribution in [0.4, 0.5) is 10.8 Å². The molecule has 0 aliphatic carbocycles. The van der Waals surface area contributed by atoms with Gasteiger partial charge in [-0.25, -0.2) is 13.4 Å². The normalized spacial score (nSPS) is 11.1. The van der Waals surface area contributed by atoms with Crippen molar-refractivity contribution in [2.45, 2.75) is 24.7 Å². The van der Waals surface area contributed by atoms with Crippen molar-refractivity contribution in [1.29, 1.82) is 0 Å². The Labute approximate surface area is 185 Å². The molecule has 0 spiro atoms. The fourth-order valence-corrected chi connectivity index (χ4v) is 4.77. The molecular weight excluding hydrogens is 438 g/mol. The number of amides is 1. The Bertz CT molecular complexity index is 1160. The summed E-state index contributed by atoms with van der Waals surface area (Å²) >= 11 is 1.16. The molecular formula is C21H23N3O5S2. The van der Waals surface area contributed by atoms with Crippen LogP contribution in [-0.2, 0) is 21.2 Å². The number of rotatable bonds is 9. The number of carbonyl (C=O) groups is 1. The molecule has 0 saturated heterocycles. The van der Waals surface area contributed by atoms with E-state index in [1.54, 1.807) is 30.7 Å². The second kappa shape index (κ2) is 9.80. The summed E-state index contributed by atoms with van der Waals surface area (Å²) in [6.45, 7) is 1.93. The zero-order valence-corrected chi connectivity index (χ0v) is 19.0. The number of anilines is 2. The number of hydrogen-bond acceptors (Lipinski definition) is 7. The minimum Gasteiger partial charge on any atom is -0.497 e. The summed E-state index contributed by atoms with van der Waals surface area (Å²) in [4.78, 5) is 16.7. The molecule has 2 aromatic carbocycles. The smallest absolute Gasteiger partial charge is 0.263 e. The van der Waals surface area contributed by atoms with Crippen LogP contribution < -0.4 is 19.5 Å². The van der Waals surface area contributed by atoms with Gasteiger partial charge in [0.25, 0.3) is 10.0 Å². The van der Waals surface area contributed by atoms with Crippen LogP contribution in [0.5, 0.6) is 11.5 Å². The number of hydrogen-bond donors (Lipinski definition) is 2. The van der Waals surface area contributed by atoms with Gasteiger partial charge in [-0.1, -0.05) is 6.07 Å². The third-order valence-electron chi connectivity index (χ3n) is 4.38. The van der Waals surface area contributed by atoms with Gasteiger partial charge in [-0.3, -0.25) is 9.52 Å². The Balaban J connectivity index is 1.58. The summed E-state index contributed by atoms with van der Waals surface area (Å²) in [5.74, 6) is 0.970. The van der Waals surface area contributed by atoms with E-state index in [0.29, 0.717) is 29.3 Å². The van der Waals surface area contributed by atoms with Crippen LogP contribution in [0.1, 0.15) is 17.7 Å². The molecule has 1 amide bonds. The monoisotopic (exact) mass is 461 g/mol. The van der Waals surface area contributed by atoms with E-state index in [9.17, 15) is 13.2 Å². The number of nitrogens with one attached hydrogen (secondary N) is 2. The molecule has 8 nitrogen and oxygen atoms in total. The summed E-state index contributed by atoms with van der Waals surface area (Å²) in [7, 11) is -0.703. The van der Waals surface area contributed by atoms with Crippen molar-refractivity contribution in [1.82, 2.24) is 4.98 Å². The lowest BCUT2D eigenvalue weighted by molar-refractivity contribution is -0.116. The fraction of sp³-hybridized carbons (Fsp3) is 0.238. The van der Waals surface area contributed by atoms with E-state index >= 15 is 0 Å². The zero-order valence-electron chi connectivity index (χ0n) is 17.3. The highest BCUT2D eigenvalue weighted by Gasteiger charge is 2.17. The summed E-state index contributed by atoms with van der Waals surface area (Å²) in [6, 6.07) is 11.6. The molecule has 0 bridgehead atoms. The zero-order chi connectivity index (χ0) is 22.4. The molecule has 0 unspecified atom stereocenters. The Morgan fingerprint density at radius 2 is 1.84 bits per heavy atom. The van der Waals surface area contributed by atoms with Gasteiger partial charge in [0.2, 0.25) is 5.91 Å². The minimum absolute atomic E-state index is 0.108.